The minimum atomic E-state index is 0.231. The molecule has 1 heterocycles. The van der Waals surface area contributed by atoms with Crippen molar-refractivity contribution < 1.29 is 5.11 Å². The van der Waals surface area contributed by atoms with Gasteiger partial charge in [-0.1, -0.05) is 17.3 Å². The summed E-state index contributed by atoms with van der Waals surface area (Å²) in [4.78, 5) is 0. The lowest BCUT2D eigenvalue weighted by molar-refractivity contribution is 0.475. The van der Waals surface area contributed by atoms with Crippen LogP contribution in [-0.4, -0.2) is 26.6 Å². The second-order valence-electron chi connectivity index (χ2n) is 3.56. The molecule has 0 aliphatic heterocycles. The van der Waals surface area contributed by atoms with Crippen molar-refractivity contribution in [2.75, 3.05) is 6.54 Å². The van der Waals surface area contributed by atoms with Crippen LogP contribution in [0.4, 0.5) is 0 Å². The molecular formula is C11H14N4O. The van der Waals surface area contributed by atoms with E-state index < -0.39 is 0 Å². The van der Waals surface area contributed by atoms with Crippen LogP contribution in [0.2, 0.25) is 0 Å². The Balaban J connectivity index is 2.18. The summed E-state index contributed by atoms with van der Waals surface area (Å²) < 4.78 is 1.76. The van der Waals surface area contributed by atoms with Gasteiger partial charge < -0.3 is 10.8 Å². The summed E-state index contributed by atoms with van der Waals surface area (Å²) in [6.07, 6.45) is 2.73. The van der Waals surface area contributed by atoms with Crippen molar-refractivity contribution in [3.05, 3.63) is 30.5 Å². The van der Waals surface area contributed by atoms with Crippen LogP contribution < -0.4 is 5.73 Å². The van der Waals surface area contributed by atoms with Gasteiger partial charge in [-0.15, -0.1) is 5.10 Å². The monoisotopic (exact) mass is 218 g/mol. The van der Waals surface area contributed by atoms with Crippen LogP contribution >= 0.6 is 0 Å². The van der Waals surface area contributed by atoms with Gasteiger partial charge in [-0.2, -0.15) is 0 Å². The average Bonchev–Trinajstić information content (AvgIpc) is 2.75. The van der Waals surface area contributed by atoms with E-state index in [9.17, 15) is 5.11 Å². The third kappa shape index (κ3) is 2.38. The lowest BCUT2D eigenvalue weighted by Crippen LogP contribution is -2.06. The van der Waals surface area contributed by atoms with Crippen LogP contribution in [0.5, 0.6) is 5.75 Å². The molecule has 0 fully saturated rings. The first-order chi connectivity index (χ1) is 7.79. The third-order valence-electron chi connectivity index (χ3n) is 2.27. The molecule has 3 N–H and O–H groups in total. The van der Waals surface area contributed by atoms with Crippen LogP contribution in [0.1, 0.15) is 6.42 Å². The summed E-state index contributed by atoms with van der Waals surface area (Å²) in [6, 6.07) is 6.96. The minimum absolute atomic E-state index is 0.231. The molecule has 0 bridgehead atoms. The molecule has 1 aromatic carbocycles. The molecule has 0 radical (unpaired) electrons. The lowest BCUT2D eigenvalue weighted by Gasteiger charge is -1.97. The average molecular weight is 218 g/mol. The van der Waals surface area contributed by atoms with Crippen LogP contribution in [0.3, 0.4) is 0 Å². The van der Waals surface area contributed by atoms with Crippen molar-refractivity contribution in [2.24, 2.45) is 5.73 Å². The van der Waals surface area contributed by atoms with Crippen molar-refractivity contribution in [3.63, 3.8) is 0 Å². The lowest BCUT2D eigenvalue weighted by atomic mass is 10.1. The van der Waals surface area contributed by atoms with E-state index in [0.29, 0.717) is 6.54 Å². The molecule has 2 aromatic rings. The fourth-order valence-electron chi connectivity index (χ4n) is 1.46. The molecule has 0 saturated heterocycles. The summed E-state index contributed by atoms with van der Waals surface area (Å²) in [5.74, 6) is 0.231. The number of nitrogens with zero attached hydrogens (tertiary/aromatic N) is 3. The first-order valence-electron chi connectivity index (χ1n) is 5.19. The van der Waals surface area contributed by atoms with Crippen molar-refractivity contribution >= 4 is 0 Å². The maximum atomic E-state index is 9.35. The fraction of sp³-hybridized carbons (Fsp3) is 0.273. The molecular weight excluding hydrogens is 204 g/mol. The molecule has 0 saturated carbocycles. The Morgan fingerprint density at radius 1 is 1.38 bits per heavy atom. The number of rotatable bonds is 4. The van der Waals surface area contributed by atoms with Crippen molar-refractivity contribution in [2.45, 2.75) is 13.0 Å². The highest BCUT2D eigenvalue weighted by Crippen LogP contribution is 2.20. The number of aromatic hydroxyl groups is 1. The van der Waals surface area contributed by atoms with Gasteiger partial charge in [0.05, 0.1) is 6.20 Å². The van der Waals surface area contributed by atoms with Gasteiger partial charge in [-0.3, -0.25) is 4.68 Å². The van der Waals surface area contributed by atoms with Crippen molar-refractivity contribution in [3.8, 4) is 17.0 Å². The minimum Gasteiger partial charge on any atom is -0.508 e. The molecule has 1 aromatic heterocycles. The molecule has 0 amide bonds. The number of phenolic OH excluding ortho intramolecular Hbond substituents is 1. The Labute approximate surface area is 93.5 Å². The Morgan fingerprint density at radius 2 is 2.25 bits per heavy atom. The summed E-state index contributed by atoms with van der Waals surface area (Å²) in [5, 5.41) is 17.4. The van der Waals surface area contributed by atoms with E-state index in [4.69, 9.17) is 5.73 Å². The van der Waals surface area contributed by atoms with E-state index >= 15 is 0 Å². The summed E-state index contributed by atoms with van der Waals surface area (Å²) in [7, 11) is 0. The third-order valence-corrected chi connectivity index (χ3v) is 2.27. The van der Waals surface area contributed by atoms with Gasteiger partial charge in [0.15, 0.2) is 0 Å². The zero-order chi connectivity index (χ0) is 11.4. The van der Waals surface area contributed by atoms with E-state index in [1.54, 1.807) is 22.9 Å². The normalized spacial score (nSPS) is 10.6. The number of hydrogen-bond donors (Lipinski definition) is 2. The standard InChI is InChI=1S/C11H14N4O/c12-5-2-6-15-8-11(13-14-15)9-3-1-4-10(16)7-9/h1,3-4,7-8,16H,2,5-6,12H2. The molecule has 5 heteroatoms. The second-order valence-corrected chi connectivity index (χ2v) is 3.56. The largest absolute Gasteiger partial charge is 0.508 e. The molecule has 84 valence electrons. The number of hydrogen-bond acceptors (Lipinski definition) is 4. The zero-order valence-electron chi connectivity index (χ0n) is 8.87. The number of phenols is 1. The fourth-order valence-corrected chi connectivity index (χ4v) is 1.46. The predicted molar refractivity (Wildman–Crippen MR) is 60.8 cm³/mol. The van der Waals surface area contributed by atoms with Gasteiger partial charge >= 0.3 is 0 Å². The van der Waals surface area contributed by atoms with E-state index in [1.165, 1.54) is 0 Å². The Bertz CT molecular complexity index is 467. The van der Waals surface area contributed by atoms with E-state index in [0.717, 1.165) is 24.2 Å². The number of aryl methyl sites for hydroxylation is 1. The van der Waals surface area contributed by atoms with E-state index in [2.05, 4.69) is 10.3 Å². The Kier molecular flexibility index (Phi) is 3.16. The van der Waals surface area contributed by atoms with E-state index in [1.807, 2.05) is 12.3 Å². The number of aromatic nitrogens is 3. The summed E-state index contributed by atoms with van der Waals surface area (Å²) in [6.45, 7) is 1.41. The van der Waals surface area contributed by atoms with E-state index in [-0.39, 0.29) is 5.75 Å². The van der Waals surface area contributed by atoms with Gasteiger partial charge in [0.1, 0.15) is 11.4 Å². The first-order valence-corrected chi connectivity index (χ1v) is 5.19. The van der Waals surface area contributed by atoms with Crippen LogP contribution in [0.25, 0.3) is 11.3 Å². The molecule has 0 atom stereocenters. The zero-order valence-corrected chi connectivity index (χ0v) is 8.87. The topological polar surface area (TPSA) is 77.0 Å². The van der Waals surface area contributed by atoms with Gasteiger partial charge in [0.25, 0.3) is 0 Å². The Hall–Kier alpha value is -1.88. The molecule has 0 aliphatic carbocycles. The summed E-state index contributed by atoms with van der Waals surface area (Å²) >= 11 is 0. The van der Waals surface area contributed by atoms with Crippen LogP contribution in [0.15, 0.2) is 30.5 Å². The smallest absolute Gasteiger partial charge is 0.116 e. The highest BCUT2D eigenvalue weighted by Gasteiger charge is 2.03. The van der Waals surface area contributed by atoms with Crippen LogP contribution in [0, 0.1) is 0 Å². The van der Waals surface area contributed by atoms with Crippen molar-refractivity contribution in [1.29, 1.82) is 0 Å². The predicted octanol–water partition coefficient (Wildman–Crippen LogP) is 0.999. The molecule has 0 aliphatic rings. The second kappa shape index (κ2) is 4.76. The maximum Gasteiger partial charge on any atom is 0.116 e. The van der Waals surface area contributed by atoms with Gasteiger partial charge in [0.2, 0.25) is 0 Å². The molecule has 0 unspecified atom stereocenters. The molecule has 16 heavy (non-hydrogen) atoms. The Morgan fingerprint density at radius 3 is 3.00 bits per heavy atom. The van der Waals surface area contributed by atoms with Crippen molar-refractivity contribution in [1.82, 2.24) is 15.0 Å². The SMILES string of the molecule is NCCCn1cc(-c2cccc(O)c2)nn1. The quantitative estimate of drug-likeness (QED) is 0.802. The molecule has 0 spiro atoms. The molecule has 2 rings (SSSR count). The first kappa shape index (κ1) is 10.6. The van der Waals surface area contributed by atoms with Gasteiger partial charge in [-0.25, -0.2) is 0 Å². The van der Waals surface area contributed by atoms with Crippen LogP contribution in [-0.2, 0) is 6.54 Å². The highest BCUT2D eigenvalue weighted by atomic mass is 16.3. The highest BCUT2D eigenvalue weighted by molar-refractivity contribution is 5.59. The van der Waals surface area contributed by atoms with Gasteiger partial charge in [-0.05, 0) is 25.1 Å². The van der Waals surface area contributed by atoms with Gasteiger partial charge in [0, 0.05) is 12.1 Å². The summed E-state index contributed by atoms with van der Waals surface area (Å²) in [5.41, 5.74) is 7.04. The number of benzene rings is 1. The number of nitrogens with two attached hydrogens (primary N) is 1. The molecule has 5 nitrogen and oxygen atoms in total. The maximum absolute atomic E-state index is 9.35.